The Kier molecular flexibility index (Phi) is 4.10. The van der Waals surface area contributed by atoms with Crippen LogP contribution in [0.25, 0.3) is 0 Å². The first-order chi connectivity index (χ1) is 4.57. The van der Waals surface area contributed by atoms with E-state index < -0.39 is 0 Å². The highest BCUT2D eigenvalue weighted by Gasteiger charge is 1.94. The van der Waals surface area contributed by atoms with Crippen molar-refractivity contribution in [3.63, 3.8) is 0 Å². The van der Waals surface area contributed by atoms with E-state index in [1.807, 2.05) is 0 Å². The van der Waals surface area contributed by atoms with Crippen LogP contribution in [0, 0.1) is 5.92 Å². The fourth-order valence-electron chi connectivity index (χ4n) is 0.609. The van der Waals surface area contributed by atoms with Gasteiger partial charge in [-0.2, -0.15) is 0 Å². The van der Waals surface area contributed by atoms with Gasteiger partial charge in [0.05, 0.1) is 0 Å². The Hall–Kier alpha value is -0.520. The summed E-state index contributed by atoms with van der Waals surface area (Å²) in [6.45, 7) is 10.8. The van der Waals surface area contributed by atoms with Crippen LogP contribution in [-0.2, 0) is 0 Å². The maximum Gasteiger partial charge on any atom is -0.0260 e. The van der Waals surface area contributed by atoms with Gasteiger partial charge in [-0.25, -0.2) is 0 Å². The van der Waals surface area contributed by atoms with Gasteiger partial charge >= 0.3 is 0 Å². The van der Waals surface area contributed by atoms with E-state index in [0.29, 0.717) is 5.92 Å². The molecule has 0 aromatic heterocycles. The highest BCUT2D eigenvalue weighted by Crippen LogP contribution is 2.10. The summed E-state index contributed by atoms with van der Waals surface area (Å²) in [5.41, 5.74) is 2.81. The average molecular weight is 138 g/mol. The molecule has 0 unspecified atom stereocenters. The molecule has 0 N–H and O–H groups in total. The molecule has 0 aliphatic rings. The van der Waals surface area contributed by atoms with Gasteiger partial charge in [0.15, 0.2) is 0 Å². The third-order valence-electron chi connectivity index (χ3n) is 1.82. The third kappa shape index (κ3) is 3.49. The summed E-state index contributed by atoms with van der Waals surface area (Å²) in [5.74, 6) is 0.676. The molecule has 0 radical (unpaired) electrons. The Morgan fingerprint density at radius 2 is 1.70 bits per heavy atom. The first kappa shape index (κ1) is 9.48. The Bertz CT molecular complexity index is 147. The molecule has 0 fully saturated rings. The van der Waals surface area contributed by atoms with Crippen LogP contribution in [0.2, 0.25) is 0 Å². The van der Waals surface area contributed by atoms with Crippen LogP contribution in [0.5, 0.6) is 0 Å². The van der Waals surface area contributed by atoms with Crippen molar-refractivity contribution in [1.82, 2.24) is 0 Å². The molecule has 10 heavy (non-hydrogen) atoms. The first-order valence-corrected chi connectivity index (χ1v) is 3.89. The first-order valence-electron chi connectivity index (χ1n) is 3.89. The van der Waals surface area contributed by atoms with Crippen LogP contribution in [-0.4, -0.2) is 0 Å². The van der Waals surface area contributed by atoms with Gasteiger partial charge in [-0.15, -0.1) is 0 Å². The predicted molar refractivity (Wildman–Crippen MR) is 48.0 cm³/mol. The molecule has 0 saturated carbocycles. The van der Waals surface area contributed by atoms with E-state index in [1.165, 1.54) is 11.1 Å². The highest BCUT2D eigenvalue weighted by molar-refractivity contribution is 5.20. The zero-order valence-corrected chi connectivity index (χ0v) is 7.73. The molecule has 0 amide bonds. The van der Waals surface area contributed by atoms with Gasteiger partial charge in [-0.1, -0.05) is 37.1 Å². The Morgan fingerprint density at radius 1 is 1.20 bits per heavy atom. The topological polar surface area (TPSA) is 0 Å². The molecule has 0 saturated heterocycles. The lowest BCUT2D eigenvalue weighted by Gasteiger charge is -2.03. The van der Waals surface area contributed by atoms with Crippen LogP contribution in [0.4, 0.5) is 0 Å². The molecule has 0 bridgehead atoms. The molecule has 0 aliphatic carbocycles. The van der Waals surface area contributed by atoms with E-state index in [1.54, 1.807) is 0 Å². The Labute approximate surface area is 64.6 Å². The fourth-order valence-corrected chi connectivity index (χ4v) is 0.609. The number of hydrogen-bond acceptors (Lipinski definition) is 0. The maximum absolute atomic E-state index is 2.24. The molecular weight excluding hydrogens is 120 g/mol. The van der Waals surface area contributed by atoms with Gasteiger partial charge in [-0.3, -0.25) is 0 Å². The zero-order chi connectivity index (χ0) is 8.15. The Balaban J connectivity index is 4.17. The Morgan fingerprint density at radius 3 is 2.00 bits per heavy atom. The second-order valence-electron chi connectivity index (χ2n) is 3.08. The lowest BCUT2D eigenvalue weighted by molar-refractivity contribution is 0.768. The summed E-state index contributed by atoms with van der Waals surface area (Å²) in [6, 6.07) is 0. The van der Waals surface area contributed by atoms with Crippen LogP contribution in [0.1, 0.15) is 34.6 Å². The summed E-state index contributed by atoms with van der Waals surface area (Å²) < 4.78 is 0. The summed E-state index contributed by atoms with van der Waals surface area (Å²) >= 11 is 0. The molecule has 0 spiro atoms. The molecule has 0 aliphatic heterocycles. The summed E-state index contributed by atoms with van der Waals surface area (Å²) in [7, 11) is 0. The van der Waals surface area contributed by atoms with Crippen LogP contribution in [0.15, 0.2) is 23.3 Å². The summed E-state index contributed by atoms with van der Waals surface area (Å²) in [6.07, 6.45) is 4.37. The zero-order valence-electron chi connectivity index (χ0n) is 7.73. The quantitative estimate of drug-likeness (QED) is 0.512. The minimum atomic E-state index is 0.676. The van der Waals surface area contributed by atoms with Crippen molar-refractivity contribution in [2.24, 2.45) is 5.92 Å². The molecule has 0 nitrogen and oxygen atoms in total. The number of rotatable bonds is 2. The fraction of sp³-hybridized carbons (Fsp3) is 0.600. The van der Waals surface area contributed by atoms with Crippen LogP contribution in [0.3, 0.4) is 0 Å². The number of allylic oxidation sites excluding steroid dienone is 4. The predicted octanol–water partition coefficient (Wildman–Crippen LogP) is 3.55. The second kappa shape index (κ2) is 4.32. The van der Waals surface area contributed by atoms with Gasteiger partial charge in [0.2, 0.25) is 0 Å². The molecule has 58 valence electrons. The number of hydrogen-bond donors (Lipinski definition) is 0. The van der Waals surface area contributed by atoms with Gasteiger partial charge in [-0.05, 0) is 26.7 Å². The summed E-state index contributed by atoms with van der Waals surface area (Å²) in [4.78, 5) is 0. The molecule has 0 rings (SSSR count). The minimum Gasteiger partial charge on any atom is -0.0847 e. The van der Waals surface area contributed by atoms with Crippen molar-refractivity contribution in [3.05, 3.63) is 23.3 Å². The molecule has 0 heteroatoms. The minimum absolute atomic E-state index is 0.676. The lowest BCUT2D eigenvalue weighted by atomic mass is 10.0. The molecular formula is C10H18. The van der Waals surface area contributed by atoms with E-state index in [2.05, 4.69) is 46.8 Å². The van der Waals surface area contributed by atoms with Crippen molar-refractivity contribution in [1.29, 1.82) is 0 Å². The molecule has 0 heterocycles. The summed E-state index contributed by atoms with van der Waals surface area (Å²) in [5, 5.41) is 0. The highest BCUT2D eigenvalue weighted by atomic mass is 14.0. The van der Waals surface area contributed by atoms with E-state index >= 15 is 0 Å². The smallest absolute Gasteiger partial charge is 0.0260 e. The van der Waals surface area contributed by atoms with Crippen molar-refractivity contribution in [2.45, 2.75) is 34.6 Å². The average Bonchev–Trinajstić information content (AvgIpc) is 1.87. The standard InChI is InChI=1S/C10H18/c1-6-9(4)7-10(5)8(2)3/h6-8H,1-5H3/b9-6-,10-7-. The van der Waals surface area contributed by atoms with Crippen LogP contribution < -0.4 is 0 Å². The maximum atomic E-state index is 2.24. The normalized spacial score (nSPS) is 14.6. The molecule has 0 aromatic carbocycles. The van der Waals surface area contributed by atoms with Crippen molar-refractivity contribution in [2.75, 3.05) is 0 Å². The van der Waals surface area contributed by atoms with Crippen molar-refractivity contribution in [3.8, 4) is 0 Å². The van der Waals surface area contributed by atoms with E-state index in [4.69, 9.17) is 0 Å². The van der Waals surface area contributed by atoms with E-state index in [0.717, 1.165) is 0 Å². The second-order valence-corrected chi connectivity index (χ2v) is 3.08. The van der Waals surface area contributed by atoms with Gasteiger partial charge in [0, 0.05) is 0 Å². The monoisotopic (exact) mass is 138 g/mol. The van der Waals surface area contributed by atoms with Crippen molar-refractivity contribution < 1.29 is 0 Å². The van der Waals surface area contributed by atoms with Gasteiger partial charge in [0.25, 0.3) is 0 Å². The third-order valence-corrected chi connectivity index (χ3v) is 1.82. The van der Waals surface area contributed by atoms with Crippen LogP contribution >= 0.6 is 0 Å². The largest absolute Gasteiger partial charge is 0.0847 e. The van der Waals surface area contributed by atoms with E-state index in [9.17, 15) is 0 Å². The molecule has 0 atom stereocenters. The lowest BCUT2D eigenvalue weighted by Crippen LogP contribution is -1.88. The SMILES string of the molecule is C/C=C(C)\C=C(\C)C(C)C. The van der Waals surface area contributed by atoms with E-state index in [-0.39, 0.29) is 0 Å². The van der Waals surface area contributed by atoms with Crippen molar-refractivity contribution >= 4 is 0 Å². The molecule has 0 aromatic rings. The van der Waals surface area contributed by atoms with Gasteiger partial charge in [0.1, 0.15) is 0 Å². The van der Waals surface area contributed by atoms with Gasteiger partial charge < -0.3 is 0 Å².